The average Bonchev–Trinajstić information content (AvgIpc) is 2.55. The Balaban J connectivity index is 2.21. The third kappa shape index (κ3) is 4.29. The first-order valence-corrected chi connectivity index (χ1v) is 7.37. The van der Waals surface area contributed by atoms with Gasteiger partial charge in [-0.1, -0.05) is 29.8 Å². The summed E-state index contributed by atoms with van der Waals surface area (Å²) >= 11 is 6.05. The van der Waals surface area contributed by atoms with Gasteiger partial charge in [0.2, 0.25) is 0 Å². The summed E-state index contributed by atoms with van der Waals surface area (Å²) < 4.78 is 31.3. The van der Waals surface area contributed by atoms with E-state index in [2.05, 4.69) is 10.1 Å². The topological polar surface area (TPSA) is 55.4 Å². The fraction of sp³-hybridized carbons (Fsp3) is 0.176. The number of esters is 1. The molecule has 0 heterocycles. The van der Waals surface area contributed by atoms with Crippen molar-refractivity contribution in [1.29, 1.82) is 0 Å². The molecule has 0 aliphatic carbocycles. The van der Waals surface area contributed by atoms with E-state index in [1.807, 2.05) is 0 Å². The lowest BCUT2D eigenvalue weighted by Crippen LogP contribution is -2.43. The van der Waals surface area contributed by atoms with Crippen LogP contribution in [0, 0.1) is 11.6 Å². The van der Waals surface area contributed by atoms with Crippen LogP contribution in [0.15, 0.2) is 42.5 Å². The number of amides is 1. The molecule has 0 spiro atoms. The van der Waals surface area contributed by atoms with Crippen LogP contribution in [-0.2, 0) is 16.0 Å². The van der Waals surface area contributed by atoms with Crippen molar-refractivity contribution in [3.05, 3.63) is 70.2 Å². The smallest absolute Gasteiger partial charge is 0.328 e. The zero-order valence-corrected chi connectivity index (χ0v) is 13.4. The molecule has 0 radical (unpaired) electrons. The molecule has 0 unspecified atom stereocenters. The normalized spacial score (nSPS) is 11.7. The monoisotopic (exact) mass is 353 g/mol. The molecule has 1 amide bonds. The molecule has 4 nitrogen and oxygen atoms in total. The standard InChI is InChI=1S/C17H14ClF2NO3/c1-24-17(23)15(8-10-4-2-3-5-13(10)18)21-16(22)12-7-6-11(19)9-14(12)20/h2-7,9,15H,8H2,1H3,(H,21,22)/t15-/m0/s1. The number of carbonyl (C=O) groups excluding carboxylic acids is 2. The van der Waals surface area contributed by atoms with Crippen LogP contribution in [0.2, 0.25) is 5.02 Å². The van der Waals surface area contributed by atoms with Crippen LogP contribution in [0.4, 0.5) is 8.78 Å². The molecule has 1 atom stereocenters. The molecule has 0 saturated heterocycles. The van der Waals surface area contributed by atoms with E-state index in [0.29, 0.717) is 16.7 Å². The molecule has 2 aromatic rings. The van der Waals surface area contributed by atoms with Gasteiger partial charge in [-0.05, 0) is 23.8 Å². The van der Waals surface area contributed by atoms with Crippen LogP contribution in [0.5, 0.6) is 0 Å². The molecular weight excluding hydrogens is 340 g/mol. The first kappa shape index (κ1) is 17.9. The van der Waals surface area contributed by atoms with Crippen molar-refractivity contribution >= 4 is 23.5 Å². The van der Waals surface area contributed by atoms with Crippen molar-refractivity contribution < 1.29 is 23.1 Å². The van der Waals surface area contributed by atoms with Gasteiger partial charge in [0.15, 0.2) is 0 Å². The zero-order valence-electron chi connectivity index (χ0n) is 12.7. The van der Waals surface area contributed by atoms with Gasteiger partial charge in [0.05, 0.1) is 12.7 Å². The maximum atomic E-state index is 13.7. The highest BCUT2D eigenvalue weighted by atomic mass is 35.5. The molecule has 0 fully saturated rings. The van der Waals surface area contributed by atoms with Crippen LogP contribution >= 0.6 is 11.6 Å². The number of rotatable bonds is 5. The SMILES string of the molecule is COC(=O)[C@H](Cc1ccccc1Cl)NC(=O)c1ccc(F)cc1F. The van der Waals surface area contributed by atoms with Gasteiger partial charge in [-0.25, -0.2) is 13.6 Å². The van der Waals surface area contributed by atoms with E-state index in [4.69, 9.17) is 11.6 Å². The maximum Gasteiger partial charge on any atom is 0.328 e. The Kier molecular flexibility index (Phi) is 5.87. The molecule has 0 aliphatic heterocycles. The quantitative estimate of drug-likeness (QED) is 0.840. The van der Waals surface area contributed by atoms with Crippen LogP contribution < -0.4 is 5.32 Å². The number of nitrogens with one attached hydrogen (secondary N) is 1. The Morgan fingerprint density at radius 2 is 1.92 bits per heavy atom. The Labute approximate surface area is 142 Å². The number of carbonyl (C=O) groups is 2. The second-order valence-electron chi connectivity index (χ2n) is 4.97. The predicted octanol–water partition coefficient (Wildman–Crippen LogP) is 3.13. The highest BCUT2D eigenvalue weighted by Gasteiger charge is 2.24. The van der Waals surface area contributed by atoms with Crippen LogP contribution in [0.1, 0.15) is 15.9 Å². The van der Waals surface area contributed by atoms with Crippen LogP contribution in [0.25, 0.3) is 0 Å². The minimum Gasteiger partial charge on any atom is -0.467 e. The van der Waals surface area contributed by atoms with E-state index in [1.165, 1.54) is 7.11 Å². The minimum atomic E-state index is -1.06. The zero-order chi connectivity index (χ0) is 17.7. The van der Waals surface area contributed by atoms with Crippen LogP contribution in [0.3, 0.4) is 0 Å². The van der Waals surface area contributed by atoms with Gasteiger partial charge in [-0.3, -0.25) is 4.79 Å². The molecule has 0 saturated carbocycles. The lowest BCUT2D eigenvalue weighted by atomic mass is 10.1. The Bertz CT molecular complexity index is 767. The summed E-state index contributed by atoms with van der Waals surface area (Å²) in [6.45, 7) is 0. The molecular formula is C17H14ClF2NO3. The summed E-state index contributed by atoms with van der Waals surface area (Å²) in [6, 6.07) is 8.30. The number of hydrogen-bond donors (Lipinski definition) is 1. The highest BCUT2D eigenvalue weighted by Crippen LogP contribution is 2.17. The van der Waals surface area contributed by atoms with E-state index in [9.17, 15) is 18.4 Å². The second-order valence-corrected chi connectivity index (χ2v) is 5.38. The Hall–Kier alpha value is -2.47. The number of methoxy groups -OCH3 is 1. The third-order valence-corrected chi connectivity index (χ3v) is 3.72. The fourth-order valence-electron chi connectivity index (χ4n) is 2.13. The minimum absolute atomic E-state index is 0.0703. The summed E-state index contributed by atoms with van der Waals surface area (Å²) in [5.41, 5.74) is 0.249. The van der Waals surface area contributed by atoms with Gasteiger partial charge in [-0.2, -0.15) is 0 Å². The number of ether oxygens (including phenoxy) is 1. The number of hydrogen-bond acceptors (Lipinski definition) is 3. The first-order chi connectivity index (χ1) is 11.4. The molecule has 0 aromatic heterocycles. The summed E-state index contributed by atoms with van der Waals surface area (Å²) in [5.74, 6) is -3.38. The highest BCUT2D eigenvalue weighted by molar-refractivity contribution is 6.31. The molecule has 0 bridgehead atoms. The van der Waals surface area contributed by atoms with E-state index < -0.39 is 29.6 Å². The summed E-state index contributed by atoms with van der Waals surface area (Å²) in [6.07, 6.45) is 0.0703. The van der Waals surface area contributed by atoms with Crippen molar-refractivity contribution in [1.82, 2.24) is 5.32 Å². The lowest BCUT2D eigenvalue weighted by Gasteiger charge is -2.17. The molecule has 7 heteroatoms. The lowest BCUT2D eigenvalue weighted by molar-refractivity contribution is -0.142. The summed E-state index contributed by atoms with van der Waals surface area (Å²) in [7, 11) is 1.17. The molecule has 1 N–H and O–H groups in total. The van der Waals surface area contributed by atoms with Gasteiger partial charge >= 0.3 is 5.97 Å². The van der Waals surface area contributed by atoms with Crippen LogP contribution in [-0.4, -0.2) is 25.0 Å². The first-order valence-electron chi connectivity index (χ1n) is 6.99. The van der Waals surface area contributed by atoms with Gasteiger partial charge in [-0.15, -0.1) is 0 Å². The summed E-state index contributed by atoms with van der Waals surface area (Å²) in [4.78, 5) is 24.1. The van der Waals surface area contributed by atoms with E-state index in [1.54, 1.807) is 24.3 Å². The summed E-state index contributed by atoms with van der Waals surface area (Å²) in [5, 5.41) is 2.81. The Morgan fingerprint density at radius 1 is 1.21 bits per heavy atom. The van der Waals surface area contributed by atoms with Crippen molar-refractivity contribution in [3.63, 3.8) is 0 Å². The molecule has 24 heavy (non-hydrogen) atoms. The molecule has 2 aromatic carbocycles. The Morgan fingerprint density at radius 3 is 2.54 bits per heavy atom. The van der Waals surface area contributed by atoms with Crippen molar-refractivity contribution in [2.24, 2.45) is 0 Å². The van der Waals surface area contributed by atoms with E-state index in [-0.39, 0.29) is 12.0 Å². The van der Waals surface area contributed by atoms with Crippen molar-refractivity contribution in [2.45, 2.75) is 12.5 Å². The van der Waals surface area contributed by atoms with Gasteiger partial charge in [0.1, 0.15) is 17.7 Å². The van der Waals surface area contributed by atoms with Gasteiger partial charge < -0.3 is 10.1 Å². The largest absolute Gasteiger partial charge is 0.467 e. The maximum absolute atomic E-state index is 13.7. The number of halogens is 3. The predicted molar refractivity (Wildman–Crippen MR) is 84.8 cm³/mol. The molecule has 0 aliphatic rings. The van der Waals surface area contributed by atoms with Gasteiger partial charge in [0.25, 0.3) is 5.91 Å². The van der Waals surface area contributed by atoms with E-state index >= 15 is 0 Å². The average molecular weight is 354 g/mol. The van der Waals surface area contributed by atoms with E-state index in [0.717, 1.165) is 12.1 Å². The molecule has 126 valence electrons. The number of benzene rings is 2. The third-order valence-electron chi connectivity index (χ3n) is 3.35. The second kappa shape index (κ2) is 7.88. The van der Waals surface area contributed by atoms with Crippen molar-refractivity contribution in [3.8, 4) is 0 Å². The molecule has 2 rings (SSSR count). The fourth-order valence-corrected chi connectivity index (χ4v) is 2.34. The van der Waals surface area contributed by atoms with Gasteiger partial charge in [0, 0.05) is 17.5 Å². The van der Waals surface area contributed by atoms with Crippen molar-refractivity contribution in [2.75, 3.05) is 7.11 Å².